The largest absolute Gasteiger partial charge is 0.378 e. The van der Waals surface area contributed by atoms with Crippen molar-refractivity contribution in [3.05, 3.63) is 42.1 Å². The van der Waals surface area contributed by atoms with E-state index in [2.05, 4.69) is 4.98 Å². The molecule has 0 amide bonds. The lowest BCUT2D eigenvalue weighted by Crippen LogP contribution is -2.20. The summed E-state index contributed by atoms with van der Waals surface area (Å²) in [6, 6.07) is 9.95. The molecular weight excluding hydrogens is 262 g/mol. The lowest BCUT2D eigenvalue weighted by Gasteiger charge is -2.22. The zero-order chi connectivity index (χ0) is 14.5. The standard InChI is InChI=1S/C18H21NO2/c20-15(8-9-16-5-3-4-12-21-16)13-14-10-11-19-18-7-2-1-6-17(14)18/h1-2,6-7,10-11,16H,3-5,8-9,12-13H2. The van der Waals surface area contributed by atoms with E-state index in [-0.39, 0.29) is 6.10 Å². The van der Waals surface area contributed by atoms with Crippen LogP contribution in [-0.2, 0) is 16.0 Å². The molecule has 1 aliphatic heterocycles. The van der Waals surface area contributed by atoms with E-state index in [1.54, 1.807) is 6.20 Å². The Morgan fingerprint density at radius 2 is 2.14 bits per heavy atom. The second kappa shape index (κ2) is 6.81. The van der Waals surface area contributed by atoms with Crippen LogP contribution in [0.3, 0.4) is 0 Å². The second-order valence-electron chi connectivity index (χ2n) is 5.73. The molecule has 0 radical (unpaired) electrons. The van der Waals surface area contributed by atoms with E-state index in [0.29, 0.717) is 18.6 Å². The minimum atomic E-state index is 0.289. The zero-order valence-corrected chi connectivity index (χ0v) is 12.3. The summed E-state index contributed by atoms with van der Waals surface area (Å²) in [6.07, 6.45) is 7.54. The highest BCUT2D eigenvalue weighted by molar-refractivity contribution is 5.88. The fraction of sp³-hybridized carbons (Fsp3) is 0.444. The molecule has 2 heterocycles. The molecule has 0 N–H and O–H groups in total. The number of Topliss-reactive ketones (excluding diaryl/α,β-unsaturated/α-hetero) is 1. The molecule has 0 bridgehead atoms. The molecule has 1 atom stereocenters. The van der Waals surface area contributed by atoms with Gasteiger partial charge in [-0.3, -0.25) is 9.78 Å². The van der Waals surface area contributed by atoms with Gasteiger partial charge in [0.25, 0.3) is 0 Å². The van der Waals surface area contributed by atoms with Gasteiger partial charge in [-0.2, -0.15) is 0 Å². The Hall–Kier alpha value is -1.74. The van der Waals surface area contributed by atoms with Gasteiger partial charge in [0.15, 0.2) is 0 Å². The number of carbonyl (C=O) groups excluding carboxylic acids is 1. The molecule has 1 aromatic heterocycles. The normalized spacial score (nSPS) is 18.8. The molecular formula is C18H21NO2. The van der Waals surface area contributed by atoms with Crippen LogP contribution >= 0.6 is 0 Å². The monoisotopic (exact) mass is 283 g/mol. The lowest BCUT2D eigenvalue weighted by molar-refractivity contribution is -0.119. The van der Waals surface area contributed by atoms with Gasteiger partial charge in [-0.25, -0.2) is 0 Å². The van der Waals surface area contributed by atoms with Crippen LogP contribution in [0.1, 0.15) is 37.7 Å². The number of para-hydroxylation sites is 1. The second-order valence-corrected chi connectivity index (χ2v) is 5.73. The number of aromatic nitrogens is 1. The molecule has 1 aromatic carbocycles. The van der Waals surface area contributed by atoms with Crippen LogP contribution in [0.25, 0.3) is 10.9 Å². The minimum Gasteiger partial charge on any atom is -0.378 e. The predicted molar refractivity (Wildman–Crippen MR) is 83.3 cm³/mol. The first-order chi connectivity index (χ1) is 10.3. The van der Waals surface area contributed by atoms with Crippen LogP contribution < -0.4 is 0 Å². The molecule has 0 spiro atoms. The first-order valence-corrected chi connectivity index (χ1v) is 7.79. The van der Waals surface area contributed by atoms with Gasteiger partial charge >= 0.3 is 0 Å². The fourth-order valence-electron chi connectivity index (χ4n) is 2.97. The summed E-state index contributed by atoms with van der Waals surface area (Å²) in [5.74, 6) is 0.292. The van der Waals surface area contributed by atoms with E-state index in [4.69, 9.17) is 4.74 Å². The Balaban J connectivity index is 1.61. The smallest absolute Gasteiger partial charge is 0.137 e. The van der Waals surface area contributed by atoms with E-state index < -0.39 is 0 Å². The average molecular weight is 283 g/mol. The van der Waals surface area contributed by atoms with Crippen molar-refractivity contribution in [1.29, 1.82) is 0 Å². The van der Waals surface area contributed by atoms with Crippen LogP contribution in [-0.4, -0.2) is 23.5 Å². The molecule has 2 aromatic rings. The van der Waals surface area contributed by atoms with E-state index in [9.17, 15) is 4.79 Å². The van der Waals surface area contributed by atoms with Gasteiger partial charge in [-0.1, -0.05) is 18.2 Å². The number of hydrogen-bond donors (Lipinski definition) is 0. The first-order valence-electron chi connectivity index (χ1n) is 7.79. The van der Waals surface area contributed by atoms with Crippen molar-refractivity contribution in [2.75, 3.05) is 6.61 Å². The van der Waals surface area contributed by atoms with E-state index >= 15 is 0 Å². The Morgan fingerprint density at radius 1 is 1.24 bits per heavy atom. The summed E-state index contributed by atoms with van der Waals surface area (Å²) in [7, 11) is 0. The fourth-order valence-corrected chi connectivity index (χ4v) is 2.97. The SMILES string of the molecule is O=C(CCC1CCCCO1)Cc1ccnc2ccccc12. The van der Waals surface area contributed by atoms with Crippen LogP contribution in [0.5, 0.6) is 0 Å². The number of hydrogen-bond acceptors (Lipinski definition) is 3. The van der Waals surface area contributed by atoms with Gasteiger partial charge < -0.3 is 4.74 Å². The first kappa shape index (κ1) is 14.2. The van der Waals surface area contributed by atoms with Gasteiger partial charge in [0.1, 0.15) is 5.78 Å². The summed E-state index contributed by atoms with van der Waals surface area (Å²) in [4.78, 5) is 16.6. The van der Waals surface area contributed by atoms with Crippen LogP contribution in [0, 0.1) is 0 Å². The van der Waals surface area contributed by atoms with Crippen molar-refractivity contribution in [2.45, 2.75) is 44.6 Å². The van der Waals surface area contributed by atoms with Crippen molar-refractivity contribution in [2.24, 2.45) is 0 Å². The van der Waals surface area contributed by atoms with Gasteiger partial charge in [0.2, 0.25) is 0 Å². The molecule has 1 aliphatic rings. The summed E-state index contributed by atoms with van der Waals surface area (Å²) in [5.41, 5.74) is 2.04. The quantitative estimate of drug-likeness (QED) is 0.840. The van der Waals surface area contributed by atoms with E-state index in [0.717, 1.165) is 42.3 Å². The lowest BCUT2D eigenvalue weighted by atomic mass is 9.99. The summed E-state index contributed by atoms with van der Waals surface area (Å²) < 4.78 is 5.69. The predicted octanol–water partition coefficient (Wildman–Crippen LogP) is 3.70. The van der Waals surface area contributed by atoms with Crippen LogP contribution in [0.4, 0.5) is 0 Å². The number of rotatable bonds is 5. The molecule has 3 rings (SSSR count). The summed E-state index contributed by atoms with van der Waals surface area (Å²) in [5, 5.41) is 1.09. The maximum Gasteiger partial charge on any atom is 0.137 e. The summed E-state index contributed by atoms with van der Waals surface area (Å²) >= 11 is 0. The van der Waals surface area contributed by atoms with Crippen LogP contribution in [0.15, 0.2) is 36.5 Å². The maximum atomic E-state index is 12.2. The zero-order valence-electron chi connectivity index (χ0n) is 12.3. The molecule has 3 heteroatoms. The number of benzene rings is 1. The molecule has 1 saturated heterocycles. The Morgan fingerprint density at radius 3 is 3.00 bits per heavy atom. The third-order valence-electron chi connectivity index (χ3n) is 4.15. The van der Waals surface area contributed by atoms with Crippen molar-refractivity contribution in [3.63, 3.8) is 0 Å². The van der Waals surface area contributed by atoms with Gasteiger partial charge in [0.05, 0.1) is 11.6 Å². The van der Waals surface area contributed by atoms with Gasteiger partial charge in [-0.15, -0.1) is 0 Å². The Kier molecular flexibility index (Phi) is 4.61. The third-order valence-corrected chi connectivity index (χ3v) is 4.15. The molecule has 1 unspecified atom stereocenters. The number of pyridine rings is 1. The number of ether oxygens (including phenoxy) is 1. The van der Waals surface area contributed by atoms with Gasteiger partial charge in [-0.05, 0) is 43.4 Å². The highest BCUT2D eigenvalue weighted by Gasteiger charge is 2.15. The average Bonchev–Trinajstić information content (AvgIpc) is 2.54. The molecule has 1 fully saturated rings. The van der Waals surface area contributed by atoms with Crippen LogP contribution in [0.2, 0.25) is 0 Å². The van der Waals surface area contributed by atoms with Crippen molar-refractivity contribution >= 4 is 16.7 Å². The number of carbonyl (C=O) groups is 1. The Bertz CT molecular complexity index is 612. The highest BCUT2D eigenvalue weighted by Crippen LogP contribution is 2.20. The maximum absolute atomic E-state index is 12.2. The number of nitrogens with zero attached hydrogens (tertiary/aromatic N) is 1. The third kappa shape index (κ3) is 3.67. The minimum absolute atomic E-state index is 0.289. The molecule has 3 nitrogen and oxygen atoms in total. The molecule has 0 aliphatic carbocycles. The topological polar surface area (TPSA) is 39.2 Å². The van der Waals surface area contributed by atoms with E-state index in [1.807, 2.05) is 30.3 Å². The van der Waals surface area contributed by atoms with E-state index in [1.165, 1.54) is 6.42 Å². The van der Waals surface area contributed by atoms with Crippen molar-refractivity contribution in [3.8, 4) is 0 Å². The number of fused-ring (bicyclic) bond motifs is 1. The molecule has 21 heavy (non-hydrogen) atoms. The van der Waals surface area contributed by atoms with Crippen molar-refractivity contribution < 1.29 is 9.53 Å². The Labute approximate surface area is 125 Å². The molecule has 0 saturated carbocycles. The molecule has 110 valence electrons. The van der Waals surface area contributed by atoms with Gasteiger partial charge in [0, 0.05) is 31.0 Å². The highest BCUT2D eigenvalue weighted by atomic mass is 16.5. The summed E-state index contributed by atoms with van der Waals surface area (Å²) in [6.45, 7) is 0.855. The number of ketones is 1. The van der Waals surface area contributed by atoms with Crippen molar-refractivity contribution in [1.82, 2.24) is 4.98 Å².